The largest absolute Gasteiger partial charge is 0.345 e. The van der Waals surface area contributed by atoms with Gasteiger partial charge in [-0.2, -0.15) is 0 Å². The van der Waals surface area contributed by atoms with Gasteiger partial charge < -0.3 is 9.80 Å². The summed E-state index contributed by atoms with van der Waals surface area (Å²) in [6.07, 6.45) is 1.44. The fourth-order valence-corrected chi connectivity index (χ4v) is 4.86. The topological polar surface area (TPSA) is 74.8 Å². The van der Waals surface area contributed by atoms with E-state index in [0.29, 0.717) is 31.4 Å². The highest BCUT2D eigenvalue weighted by atomic mass is 32.2. The van der Waals surface area contributed by atoms with E-state index < -0.39 is 9.84 Å². The molecule has 1 unspecified atom stereocenters. The van der Waals surface area contributed by atoms with Crippen molar-refractivity contribution < 1.29 is 18.0 Å². The number of sulfone groups is 1. The lowest BCUT2D eigenvalue weighted by atomic mass is 10.1. The summed E-state index contributed by atoms with van der Waals surface area (Å²) in [7, 11) is 0.411. The highest BCUT2D eigenvalue weighted by Gasteiger charge is 2.33. The quantitative estimate of drug-likeness (QED) is 0.762. The molecule has 0 aliphatic carbocycles. The van der Waals surface area contributed by atoms with Crippen molar-refractivity contribution in [3.63, 3.8) is 0 Å². The van der Waals surface area contributed by atoms with Crippen LogP contribution in [0, 0.1) is 0 Å². The molecule has 1 aliphatic rings. The van der Waals surface area contributed by atoms with E-state index in [1.807, 2.05) is 19.1 Å². The summed E-state index contributed by atoms with van der Waals surface area (Å²) in [5.41, 5.74) is 1.60. The third-order valence-electron chi connectivity index (χ3n) is 4.54. The smallest absolute Gasteiger partial charge is 0.253 e. The van der Waals surface area contributed by atoms with Gasteiger partial charge in [0.25, 0.3) is 5.91 Å². The number of carbonyl (C=O) groups is 2. The van der Waals surface area contributed by atoms with Crippen LogP contribution >= 0.6 is 0 Å². The van der Waals surface area contributed by atoms with Crippen molar-refractivity contribution >= 4 is 21.7 Å². The Morgan fingerprint density at radius 1 is 1.16 bits per heavy atom. The molecular weight excluding hydrogens is 340 g/mol. The van der Waals surface area contributed by atoms with Crippen LogP contribution in [0.5, 0.6) is 0 Å². The maximum atomic E-state index is 12.5. The van der Waals surface area contributed by atoms with E-state index in [1.165, 1.54) is 4.90 Å². The van der Waals surface area contributed by atoms with Crippen molar-refractivity contribution in [2.24, 2.45) is 0 Å². The molecule has 0 saturated carbocycles. The lowest BCUT2D eigenvalue weighted by Gasteiger charge is -2.27. The molecule has 0 spiro atoms. The third-order valence-corrected chi connectivity index (χ3v) is 6.30. The van der Waals surface area contributed by atoms with Crippen molar-refractivity contribution in [2.75, 3.05) is 32.1 Å². The number of amides is 2. The predicted molar refractivity (Wildman–Crippen MR) is 97.2 cm³/mol. The summed E-state index contributed by atoms with van der Waals surface area (Å²) in [5.74, 6) is 0.178. The highest BCUT2D eigenvalue weighted by Crippen LogP contribution is 2.19. The van der Waals surface area contributed by atoms with Crippen LogP contribution in [-0.2, 0) is 21.1 Å². The average molecular weight is 366 g/mol. The van der Waals surface area contributed by atoms with Gasteiger partial charge in [-0.05, 0) is 37.5 Å². The molecule has 0 bridgehead atoms. The monoisotopic (exact) mass is 366 g/mol. The SMILES string of the molecule is CCN(C(=O)CCc1ccc(C(=O)N(C)C)cc1)C1CCS(=O)(=O)C1. The van der Waals surface area contributed by atoms with Gasteiger partial charge in [-0.15, -0.1) is 0 Å². The van der Waals surface area contributed by atoms with Crippen LogP contribution in [0.3, 0.4) is 0 Å². The van der Waals surface area contributed by atoms with Gasteiger partial charge in [0.05, 0.1) is 11.5 Å². The molecule has 138 valence electrons. The molecule has 1 atom stereocenters. The van der Waals surface area contributed by atoms with Crippen LogP contribution in [0.2, 0.25) is 0 Å². The third kappa shape index (κ3) is 5.04. The number of rotatable bonds is 6. The van der Waals surface area contributed by atoms with Crippen molar-refractivity contribution in [2.45, 2.75) is 32.2 Å². The molecule has 0 aromatic heterocycles. The minimum absolute atomic E-state index is 0.0157. The molecule has 0 radical (unpaired) electrons. The normalized spacial score (nSPS) is 18.8. The number of carbonyl (C=O) groups excluding carboxylic acids is 2. The first kappa shape index (κ1) is 19.4. The zero-order valence-electron chi connectivity index (χ0n) is 15.1. The number of benzene rings is 1. The second-order valence-electron chi connectivity index (χ2n) is 6.63. The van der Waals surface area contributed by atoms with Crippen LogP contribution in [0.4, 0.5) is 0 Å². The van der Waals surface area contributed by atoms with E-state index in [-0.39, 0.29) is 29.4 Å². The first-order chi connectivity index (χ1) is 11.7. The van der Waals surface area contributed by atoms with E-state index in [9.17, 15) is 18.0 Å². The molecule has 1 heterocycles. The Hall–Kier alpha value is -1.89. The maximum absolute atomic E-state index is 12.5. The fraction of sp³-hybridized carbons (Fsp3) is 0.556. The Bertz CT molecular complexity index is 726. The molecule has 1 saturated heterocycles. The highest BCUT2D eigenvalue weighted by molar-refractivity contribution is 7.91. The zero-order chi connectivity index (χ0) is 18.6. The summed E-state index contributed by atoms with van der Waals surface area (Å²) in [6.45, 7) is 2.40. The van der Waals surface area contributed by atoms with Gasteiger partial charge in [0.15, 0.2) is 9.84 Å². The Kier molecular flexibility index (Phi) is 6.21. The summed E-state index contributed by atoms with van der Waals surface area (Å²) >= 11 is 0. The average Bonchev–Trinajstić information content (AvgIpc) is 2.93. The lowest BCUT2D eigenvalue weighted by Crippen LogP contribution is -2.41. The number of hydrogen-bond donors (Lipinski definition) is 0. The van der Waals surface area contributed by atoms with E-state index in [0.717, 1.165) is 5.56 Å². The van der Waals surface area contributed by atoms with Crippen molar-refractivity contribution in [3.05, 3.63) is 35.4 Å². The van der Waals surface area contributed by atoms with E-state index >= 15 is 0 Å². The van der Waals surface area contributed by atoms with Crippen LogP contribution in [0.1, 0.15) is 35.7 Å². The van der Waals surface area contributed by atoms with Crippen LogP contribution < -0.4 is 0 Å². The molecule has 7 heteroatoms. The molecular formula is C18H26N2O4S. The molecule has 2 amide bonds. The van der Waals surface area contributed by atoms with Gasteiger partial charge in [-0.25, -0.2) is 8.42 Å². The van der Waals surface area contributed by atoms with Gasteiger partial charge in [-0.1, -0.05) is 12.1 Å². The Labute approximate surface area is 149 Å². The number of aryl methyl sites for hydroxylation is 1. The predicted octanol–water partition coefficient (Wildman–Crippen LogP) is 1.36. The summed E-state index contributed by atoms with van der Waals surface area (Å²) in [6, 6.07) is 7.07. The van der Waals surface area contributed by atoms with E-state index in [2.05, 4.69) is 0 Å². The van der Waals surface area contributed by atoms with Crippen molar-refractivity contribution in [1.82, 2.24) is 9.80 Å². The minimum atomic E-state index is -3.00. The molecule has 6 nitrogen and oxygen atoms in total. The molecule has 1 aliphatic heterocycles. The summed E-state index contributed by atoms with van der Waals surface area (Å²) in [5, 5.41) is 0. The standard InChI is InChI=1S/C18H26N2O4S/c1-4-20(16-11-12-25(23,24)13-16)17(21)10-7-14-5-8-15(9-6-14)18(22)19(2)3/h5-6,8-9,16H,4,7,10-13H2,1-3H3. The van der Waals surface area contributed by atoms with Gasteiger partial charge in [-0.3, -0.25) is 9.59 Å². The van der Waals surface area contributed by atoms with Crippen LogP contribution in [0.15, 0.2) is 24.3 Å². The lowest BCUT2D eigenvalue weighted by molar-refractivity contribution is -0.132. The first-order valence-corrected chi connectivity index (χ1v) is 10.4. The van der Waals surface area contributed by atoms with Gasteiger partial charge in [0.1, 0.15) is 0 Å². The van der Waals surface area contributed by atoms with Crippen LogP contribution in [-0.4, -0.2) is 68.2 Å². The second-order valence-corrected chi connectivity index (χ2v) is 8.86. The van der Waals surface area contributed by atoms with Crippen LogP contribution in [0.25, 0.3) is 0 Å². The van der Waals surface area contributed by atoms with Gasteiger partial charge >= 0.3 is 0 Å². The first-order valence-electron chi connectivity index (χ1n) is 8.54. The Balaban J connectivity index is 1.93. The van der Waals surface area contributed by atoms with Crippen molar-refractivity contribution in [1.29, 1.82) is 0 Å². The molecule has 1 aromatic rings. The van der Waals surface area contributed by atoms with Crippen molar-refractivity contribution in [3.8, 4) is 0 Å². The van der Waals surface area contributed by atoms with Gasteiger partial charge in [0.2, 0.25) is 5.91 Å². The summed E-state index contributed by atoms with van der Waals surface area (Å²) < 4.78 is 23.3. The van der Waals surface area contributed by atoms with Gasteiger partial charge in [0, 0.05) is 38.7 Å². The molecule has 1 aromatic carbocycles. The number of nitrogens with zero attached hydrogens (tertiary/aromatic N) is 2. The van der Waals surface area contributed by atoms with E-state index in [4.69, 9.17) is 0 Å². The second kappa shape index (κ2) is 7.99. The molecule has 2 rings (SSSR count). The molecule has 0 N–H and O–H groups in total. The molecule has 25 heavy (non-hydrogen) atoms. The fourth-order valence-electron chi connectivity index (χ4n) is 3.13. The Morgan fingerprint density at radius 3 is 2.28 bits per heavy atom. The Morgan fingerprint density at radius 2 is 1.80 bits per heavy atom. The summed E-state index contributed by atoms with van der Waals surface area (Å²) in [4.78, 5) is 27.6. The maximum Gasteiger partial charge on any atom is 0.253 e. The molecule has 1 fully saturated rings. The zero-order valence-corrected chi connectivity index (χ0v) is 15.9. The van der Waals surface area contributed by atoms with E-state index in [1.54, 1.807) is 31.1 Å². The minimum Gasteiger partial charge on any atom is -0.345 e. The number of hydrogen-bond acceptors (Lipinski definition) is 4.